The van der Waals surface area contributed by atoms with Crippen molar-refractivity contribution >= 4 is 5.97 Å². The molecule has 1 N–H and O–H groups in total. The number of aliphatic carboxylic acids is 1. The Hall–Kier alpha value is -1.43. The predicted octanol–water partition coefficient (Wildman–Crippen LogP) is 1.49. The van der Waals surface area contributed by atoms with Crippen molar-refractivity contribution in [2.75, 3.05) is 13.1 Å². The summed E-state index contributed by atoms with van der Waals surface area (Å²) in [5.41, 5.74) is 0. The summed E-state index contributed by atoms with van der Waals surface area (Å²) in [5, 5.41) is 17.5. The van der Waals surface area contributed by atoms with E-state index in [-0.39, 0.29) is 5.92 Å². The maximum absolute atomic E-state index is 11.4. The van der Waals surface area contributed by atoms with E-state index in [9.17, 15) is 9.90 Å². The number of carbonyl (C=O) groups is 1. The summed E-state index contributed by atoms with van der Waals surface area (Å²) in [6.07, 6.45) is 4.68. The van der Waals surface area contributed by atoms with E-state index in [0.717, 1.165) is 25.3 Å². The highest BCUT2D eigenvalue weighted by molar-refractivity contribution is 5.71. The van der Waals surface area contributed by atoms with Gasteiger partial charge in [-0.3, -0.25) is 9.69 Å². The molecule has 0 unspecified atom stereocenters. The topological polar surface area (TPSA) is 79.5 Å². The minimum atomic E-state index is -0.659. The molecule has 0 spiro atoms. The van der Waals surface area contributed by atoms with Gasteiger partial charge in [0.1, 0.15) is 0 Å². The third-order valence-electron chi connectivity index (χ3n) is 4.75. The Morgan fingerprint density at radius 2 is 2.05 bits per heavy atom. The van der Waals surface area contributed by atoms with Crippen molar-refractivity contribution in [3.05, 3.63) is 11.8 Å². The summed E-state index contributed by atoms with van der Waals surface area (Å²) < 4.78 is 5.67. The summed E-state index contributed by atoms with van der Waals surface area (Å²) in [5.74, 6) is 1.90. The summed E-state index contributed by atoms with van der Waals surface area (Å²) in [6, 6.07) is 0. The van der Waals surface area contributed by atoms with E-state index in [2.05, 4.69) is 15.1 Å². The molecule has 3 fully saturated rings. The van der Waals surface area contributed by atoms with Crippen molar-refractivity contribution in [1.29, 1.82) is 0 Å². The Bertz CT molecular complexity index is 521. The first-order valence-electron chi connectivity index (χ1n) is 7.48. The lowest BCUT2D eigenvalue weighted by Crippen LogP contribution is -2.24. The van der Waals surface area contributed by atoms with Crippen LogP contribution in [-0.4, -0.2) is 39.3 Å². The van der Waals surface area contributed by atoms with Crippen LogP contribution in [-0.2, 0) is 11.3 Å². The molecule has 2 atom stereocenters. The largest absolute Gasteiger partial charge is 0.481 e. The number of carboxylic acids is 1. The van der Waals surface area contributed by atoms with E-state index in [1.165, 1.54) is 12.8 Å². The molecule has 2 saturated carbocycles. The van der Waals surface area contributed by atoms with Gasteiger partial charge < -0.3 is 9.52 Å². The van der Waals surface area contributed by atoms with E-state index < -0.39 is 5.97 Å². The summed E-state index contributed by atoms with van der Waals surface area (Å²) in [4.78, 5) is 13.5. The highest BCUT2D eigenvalue weighted by atomic mass is 16.4. The van der Waals surface area contributed by atoms with Crippen molar-refractivity contribution in [2.24, 2.45) is 17.8 Å². The zero-order valence-electron chi connectivity index (χ0n) is 11.4. The molecule has 1 aromatic rings. The molecule has 1 saturated heterocycles. The van der Waals surface area contributed by atoms with E-state index >= 15 is 0 Å². The van der Waals surface area contributed by atoms with Gasteiger partial charge in [0.05, 0.1) is 12.5 Å². The molecule has 3 aliphatic rings. The van der Waals surface area contributed by atoms with Crippen molar-refractivity contribution in [3.63, 3.8) is 0 Å². The minimum Gasteiger partial charge on any atom is -0.481 e. The Morgan fingerprint density at radius 1 is 1.25 bits per heavy atom. The van der Waals surface area contributed by atoms with E-state index in [1.54, 1.807) is 0 Å². The monoisotopic (exact) mass is 277 g/mol. The van der Waals surface area contributed by atoms with Gasteiger partial charge in [0.2, 0.25) is 11.8 Å². The lowest BCUT2D eigenvalue weighted by molar-refractivity contribution is -0.142. The van der Waals surface area contributed by atoms with Gasteiger partial charge in [-0.2, -0.15) is 0 Å². The third-order valence-corrected chi connectivity index (χ3v) is 4.75. The normalized spacial score (nSPS) is 30.8. The lowest BCUT2D eigenvalue weighted by atomic mass is 9.92. The van der Waals surface area contributed by atoms with Gasteiger partial charge in [0.15, 0.2) is 0 Å². The SMILES string of the molecule is O=C(O)[C@@H]1CN(Cc2nnc(C3CC3)o2)C[C@H]1C1CC1. The third kappa shape index (κ3) is 2.32. The van der Waals surface area contributed by atoms with Crippen LogP contribution in [0.1, 0.15) is 43.4 Å². The number of carboxylic acid groups (broad SMARTS) is 1. The maximum Gasteiger partial charge on any atom is 0.308 e. The fourth-order valence-corrected chi connectivity index (χ4v) is 3.32. The number of likely N-dealkylation sites (tertiary alicyclic amines) is 1. The van der Waals surface area contributed by atoms with Crippen LogP contribution >= 0.6 is 0 Å². The average molecular weight is 277 g/mol. The molecule has 6 heteroatoms. The maximum atomic E-state index is 11.4. The van der Waals surface area contributed by atoms with Gasteiger partial charge in [0, 0.05) is 19.0 Å². The van der Waals surface area contributed by atoms with E-state index in [4.69, 9.17) is 4.42 Å². The molecule has 2 heterocycles. The number of hydrogen-bond donors (Lipinski definition) is 1. The lowest BCUT2D eigenvalue weighted by Gasteiger charge is -2.13. The summed E-state index contributed by atoms with van der Waals surface area (Å²) in [7, 11) is 0. The second-order valence-electron chi connectivity index (χ2n) is 6.45. The number of hydrogen-bond acceptors (Lipinski definition) is 5. The van der Waals surface area contributed by atoms with E-state index in [1.807, 2.05) is 0 Å². The molecular formula is C14H19N3O3. The Kier molecular flexibility index (Phi) is 2.80. The Balaban J connectivity index is 1.42. The molecule has 0 amide bonds. The molecule has 6 nitrogen and oxygen atoms in total. The Labute approximate surface area is 117 Å². The van der Waals surface area contributed by atoms with Crippen LogP contribution in [0.3, 0.4) is 0 Å². The smallest absolute Gasteiger partial charge is 0.308 e. The van der Waals surface area contributed by atoms with Gasteiger partial charge in [0.25, 0.3) is 0 Å². The van der Waals surface area contributed by atoms with Gasteiger partial charge in [-0.25, -0.2) is 0 Å². The molecule has 1 aliphatic heterocycles. The van der Waals surface area contributed by atoms with Crippen molar-refractivity contribution in [2.45, 2.75) is 38.1 Å². The molecule has 20 heavy (non-hydrogen) atoms. The van der Waals surface area contributed by atoms with Crippen LogP contribution < -0.4 is 0 Å². The molecule has 0 aromatic carbocycles. The molecule has 0 radical (unpaired) electrons. The number of nitrogens with zero attached hydrogens (tertiary/aromatic N) is 3. The molecule has 2 aliphatic carbocycles. The fraction of sp³-hybridized carbons (Fsp3) is 0.786. The zero-order chi connectivity index (χ0) is 13.7. The molecule has 1 aromatic heterocycles. The van der Waals surface area contributed by atoms with Crippen LogP contribution in [0.4, 0.5) is 0 Å². The Morgan fingerprint density at radius 3 is 2.70 bits per heavy atom. The number of aromatic nitrogens is 2. The summed E-state index contributed by atoms with van der Waals surface area (Å²) in [6.45, 7) is 2.05. The first kappa shape index (κ1) is 12.3. The van der Waals surface area contributed by atoms with Crippen molar-refractivity contribution in [1.82, 2.24) is 15.1 Å². The highest BCUT2D eigenvalue weighted by Crippen LogP contribution is 2.44. The predicted molar refractivity (Wildman–Crippen MR) is 68.9 cm³/mol. The van der Waals surface area contributed by atoms with Crippen LogP contribution in [0, 0.1) is 17.8 Å². The second-order valence-corrected chi connectivity index (χ2v) is 6.45. The van der Waals surface area contributed by atoms with Gasteiger partial charge in [-0.05, 0) is 37.5 Å². The van der Waals surface area contributed by atoms with Gasteiger partial charge >= 0.3 is 5.97 Å². The molecule has 0 bridgehead atoms. The molecule has 4 rings (SSSR count). The van der Waals surface area contributed by atoms with Crippen molar-refractivity contribution < 1.29 is 14.3 Å². The van der Waals surface area contributed by atoms with Gasteiger partial charge in [-0.15, -0.1) is 10.2 Å². The molecule has 108 valence electrons. The fourth-order valence-electron chi connectivity index (χ4n) is 3.32. The minimum absolute atomic E-state index is 0.228. The van der Waals surface area contributed by atoms with Crippen LogP contribution in [0.5, 0.6) is 0 Å². The average Bonchev–Trinajstić information content (AvgIpc) is 3.35. The highest BCUT2D eigenvalue weighted by Gasteiger charge is 2.45. The summed E-state index contributed by atoms with van der Waals surface area (Å²) >= 11 is 0. The number of rotatable bonds is 5. The second kappa shape index (κ2) is 4.55. The first-order chi connectivity index (χ1) is 9.70. The molecular weight excluding hydrogens is 258 g/mol. The zero-order valence-corrected chi connectivity index (χ0v) is 11.4. The van der Waals surface area contributed by atoms with Crippen LogP contribution in [0.15, 0.2) is 4.42 Å². The quantitative estimate of drug-likeness (QED) is 0.878. The van der Waals surface area contributed by atoms with E-state index in [0.29, 0.717) is 36.7 Å². The first-order valence-corrected chi connectivity index (χ1v) is 7.48. The van der Waals surface area contributed by atoms with Crippen LogP contribution in [0.2, 0.25) is 0 Å². The van der Waals surface area contributed by atoms with Crippen LogP contribution in [0.25, 0.3) is 0 Å². The standard InChI is InChI=1S/C14H19N3O3/c18-14(19)11-6-17(5-10(11)8-1-2-8)7-12-15-16-13(20-12)9-3-4-9/h8-11H,1-7H2,(H,18,19)/t10-,11+/m0/s1. The van der Waals surface area contributed by atoms with Crippen molar-refractivity contribution in [3.8, 4) is 0 Å². The van der Waals surface area contributed by atoms with Gasteiger partial charge in [-0.1, -0.05) is 0 Å².